The van der Waals surface area contributed by atoms with Crippen molar-refractivity contribution in [2.75, 3.05) is 0 Å². The number of hydrogen-bond donors (Lipinski definition) is 1. The molecule has 0 unspecified atom stereocenters. The molecule has 1 aromatic carbocycles. The number of nitrogens with zero attached hydrogens (tertiary/aromatic N) is 2. The first kappa shape index (κ1) is 18.1. The van der Waals surface area contributed by atoms with Crippen LogP contribution in [0.3, 0.4) is 0 Å². The zero-order valence-electron chi connectivity index (χ0n) is 14.4. The Morgan fingerprint density at radius 3 is 2.36 bits per heavy atom. The van der Waals surface area contributed by atoms with Gasteiger partial charge in [-0.1, -0.05) is 20.8 Å². The van der Waals surface area contributed by atoms with Crippen LogP contribution in [0.25, 0.3) is 10.9 Å². The van der Waals surface area contributed by atoms with Crippen molar-refractivity contribution in [3.8, 4) is 5.75 Å². The van der Waals surface area contributed by atoms with Gasteiger partial charge in [0.05, 0.1) is 26.2 Å². The van der Waals surface area contributed by atoms with Gasteiger partial charge in [-0.05, 0) is 50.1 Å². The van der Waals surface area contributed by atoms with Crippen LogP contribution in [0, 0.1) is 0 Å². The summed E-state index contributed by atoms with van der Waals surface area (Å²) < 4.78 is 2.99. The molecule has 0 atom stereocenters. The highest BCUT2D eigenvalue weighted by atomic mass is 79.9. The van der Waals surface area contributed by atoms with Crippen molar-refractivity contribution in [2.45, 2.75) is 26.2 Å². The van der Waals surface area contributed by atoms with E-state index in [2.05, 4.69) is 57.6 Å². The van der Waals surface area contributed by atoms with Crippen LogP contribution in [0.1, 0.15) is 42.4 Å². The number of phenols is 1. The van der Waals surface area contributed by atoms with Gasteiger partial charge in [0.25, 0.3) is 0 Å². The predicted octanol–water partition coefficient (Wildman–Crippen LogP) is 5.33. The Morgan fingerprint density at radius 1 is 1.20 bits per heavy atom. The van der Waals surface area contributed by atoms with E-state index in [1.54, 1.807) is 24.5 Å². The quantitative estimate of drug-likeness (QED) is 0.520. The molecule has 0 bridgehead atoms. The Balaban J connectivity index is 2.33. The molecule has 0 spiro atoms. The molecule has 2 heterocycles. The van der Waals surface area contributed by atoms with Gasteiger partial charge in [-0.15, -0.1) is 0 Å². The third kappa shape index (κ3) is 3.02. The Hall–Kier alpha value is -1.66. The number of fused-ring (bicyclic) bond motifs is 1. The van der Waals surface area contributed by atoms with Crippen molar-refractivity contribution in [2.24, 2.45) is 7.05 Å². The smallest absolute Gasteiger partial charge is 0.195 e. The zero-order chi connectivity index (χ0) is 18.5. The number of ketones is 1. The van der Waals surface area contributed by atoms with Crippen LogP contribution in [-0.4, -0.2) is 20.4 Å². The highest BCUT2D eigenvalue weighted by Gasteiger charge is 2.30. The van der Waals surface area contributed by atoms with Gasteiger partial charge in [-0.25, -0.2) is 0 Å². The third-order valence-corrected chi connectivity index (χ3v) is 5.43. The first-order valence-corrected chi connectivity index (χ1v) is 9.37. The molecule has 2 aromatic heterocycles. The van der Waals surface area contributed by atoms with Crippen molar-refractivity contribution >= 4 is 48.5 Å². The second-order valence-electron chi connectivity index (χ2n) is 7.04. The SMILES string of the molecule is Cn1c(C(C)(C)C)c(C(=O)c2cc(Br)c(O)c(Br)c2)c2ccncc21. The van der Waals surface area contributed by atoms with E-state index in [1.165, 1.54) is 0 Å². The molecule has 6 heteroatoms. The summed E-state index contributed by atoms with van der Waals surface area (Å²) in [6.07, 6.45) is 3.48. The minimum Gasteiger partial charge on any atom is -0.506 e. The zero-order valence-corrected chi connectivity index (χ0v) is 17.6. The van der Waals surface area contributed by atoms with Crippen molar-refractivity contribution in [1.82, 2.24) is 9.55 Å². The molecular formula is C19H18Br2N2O2. The summed E-state index contributed by atoms with van der Waals surface area (Å²) in [5.74, 6) is -0.00200. The minimum absolute atomic E-state index is 0.0784. The fraction of sp³-hybridized carbons (Fsp3) is 0.263. The average Bonchev–Trinajstić information content (AvgIpc) is 2.85. The van der Waals surface area contributed by atoms with Gasteiger partial charge >= 0.3 is 0 Å². The normalized spacial score (nSPS) is 11.9. The number of rotatable bonds is 2. The van der Waals surface area contributed by atoms with E-state index in [0.717, 1.165) is 16.6 Å². The summed E-state index contributed by atoms with van der Waals surface area (Å²) in [6.45, 7) is 6.27. The average molecular weight is 466 g/mol. The maximum absolute atomic E-state index is 13.4. The molecule has 3 rings (SSSR count). The number of aryl methyl sites for hydroxylation is 1. The van der Waals surface area contributed by atoms with Crippen LogP contribution in [0.4, 0.5) is 0 Å². The fourth-order valence-electron chi connectivity index (χ4n) is 3.23. The maximum Gasteiger partial charge on any atom is 0.195 e. The number of hydrogen-bond acceptors (Lipinski definition) is 3. The largest absolute Gasteiger partial charge is 0.506 e. The molecule has 0 saturated carbocycles. The van der Waals surface area contributed by atoms with Crippen LogP contribution in [0.5, 0.6) is 5.75 Å². The molecule has 25 heavy (non-hydrogen) atoms. The molecule has 130 valence electrons. The second-order valence-corrected chi connectivity index (χ2v) is 8.75. The number of phenolic OH excluding ortho intramolecular Hbond substituents is 1. The van der Waals surface area contributed by atoms with Crippen molar-refractivity contribution < 1.29 is 9.90 Å². The van der Waals surface area contributed by atoms with E-state index in [9.17, 15) is 9.90 Å². The van der Waals surface area contributed by atoms with Gasteiger partial charge in [-0.3, -0.25) is 9.78 Å². The van der Waals surface area contributed by atoms with Crippen molar-refractivity contribution in [3.05, 3.63) is 56.4 Å². The molecule has 0 aliphatic rings. The van der Waals surface area contributed by atoms with E-state index in [1.807, 2.05) is 17.7 Å². The first-order chi connectivity index (χ1) is 11.6. The summed E-state index contributed by atoms with van der Waals surface area (Å²) in [6, 6.07) is 5.17. The molecule has 0 aliphatic carbocycles. The van der Waals surface area contributed by atoms with E-state index in [-0.39, 0.29) is 16.9 Å². The van der Waals surface area contributed by atoms with Crippen molar-refractivity contribution in [3.63, 3.8) is 0 Å². The standard InChI is InChI=1S/C19H18Br2N2O2/c1-19(2,3)18-15(11-5-6-22-9-14(11)23(18)4)16(24)10-7-12(20)17(25)13(21)8-10/h5-9,25H,1-4H3. The molecule has 0 saturated heterocycles. The summed E-state index contributed by atoms with van der Waals surface area (Å²) in [4.78, 5) is 17.6. The van der Waals surface area contributed by atoms with E-state index in [0.29, 0.717) is 20.1 Å². The van der Waals surface area contributed by atoms with Crippen LogP contribution in [-0.2, 0) is 12.5 Å². The third-order valence-electron chi connectivity index (χ3n) is 4.22. The minimum atomic E-state index is -0.218. The van der Waals surface area contributed by atoms with E-state index >= 15 is 0 Å². The number of pyridine rings is 1. The van der Waals surface area contributed by atoms with Crippen LogP contribution in [0.2, 0.25) is 0 Å². The monoisotopic (exact) mass is 464 g/mol. The predicted molar refractivity (Wildman–Crippen MR) is 106 cm³/mol. The van der Waals surface area contributed by atoms with E-state index < -0.39 is 0 Å². The van der Waals surface area contributed by atoms with Crippen LogP contribution >= 0.6 is 31.9 Å². The Bertz CT molecular complexity index is 978. The second kappa shape index (κ2) is 6.25. The molecule has 0 radical (unpaired) electrons. The molecule has 0 aliphatic heterocycles. The van der Waals surface area contributed by atoms with Crippen LogP contribution in [0.15, 0.2) is 39.5 Å². The number of benzene rings is 1. The molecule has 1 N–H and O–H groups in total. The lowest BCUT2D eigenvalue weighted by atomic mass is 9.86. The Morgan fingerprint density at radius 2 is 1.80 bits per heavy atom. The Kier molecular flexibility index (Phi) is 4.54. The highest BCUT2D eigenvalue weighted by Crippen LogP contribution is 2.38. The number of aromatic hydroxyl groups is 1. The number of halogens is 2. The lowest BCUT2D eigenvalue weighted by Gasteiger charge is -2.22. The summed E-state index contributed by atoms with van der Waals surface area (Å²) in [7, 11) is 1.96. The number of aromatic nitrogens is 2. The van der Waals surface area contributed by atoms with Crippen LogP contribution < -0.4 is 0 Å². The molecule has 4 nitrogen and oxygen atoms in total. The lowest BCUT2D eigenvalue weighted by molar-refractivity contribution is 0.103. The summed E-state index contributed by atoms with van der Waals surface area (Å²) in [5.41, 5.74) is 2.85. The van der Waals surface area contributed by atoms with Gasteiger partial charge in [0.1, 0.15) is 5.75 Å². The maximum atomic E-state index is 13.4. The molecule has 0 fully saturated rings. The first-order valence-electron chi connectivity index (χ1n) is 7.78. The van der Waals surface area contributed by atoms with Gasteiger partial charge < -0.3 is 9.67 Å². The Labute approximate surface area is 163 Å². The number of carbonyl (C=O) groups excluding carboxylic acids is 1. The van der Waals surface area contributed by atoms with Gasteiger partial charge in [-0.2, -0.15) is 0 Å². The van der Waals surface area contributed by atoms with E-state index in [4.69, 9.17) is 0 Å². The van der Waals surface area contributed by atoms with Gasteiger partial charge in [0.2, 0.25) is 0 Å². The molecule has 3 aromatic rings. The molecular weight excluding hydrogens is 448 g/mol. The van der Waals surface area contributed by atoms with Gasteiger partial charge in [0, 0.05) is 35.3 Å². The summed E-state index contributed by atoms with van der Waals surface area (Å²) >= 11 is 6.61. The topological polar surface area (TPSA) is 55.1 Å². The summed E-state index contributed by atoms with van der Waals surface area (Å²) in [5, 5.41) is 10.8. The molecule has 0 amide bonds. The highest BCUT2D eigenvalue weighted by molar-refractivity contribution is 9.11. The number of carbonyl (C=O) groups is 1. The fourth-order valence-corrected chi connectivity index (χ4v) is 4.42. The van der Waals surface area contributed by atoms with Crippen molar-refractivity contribution in [1.29, 1.82) is 0 Å². The lowest BCUT2D eigenvalue weighted by Crippen LogP contribution is -2.20. The van der Waals surface area contributed by atoms with Gasteiger partial charge in [0.15, 0.2) is 5.78 Å².